The molecule has 0 saturated heterocycles. The van der Waals surface area contributed by atoms with Gasteiger partial charge in [0.05, 0.1) is 12.6 Å². The summed E-state index contributed by atoms with van der Waals surface area (Å²) in [5.74, 6) is -0.787. The van der Waals surface area contributed by atoms with Crippen LogP contribution in [0.4, 0.5) is 5.82 Å². The quantitative estimate of drug-likeness (QED) is 0.695. The van der Waals surface area contributed by atoms with Crippen LogP contribution in [-0.4, -0.2) is 51.9 Å². The number of pyridine rings is 1. The molecule has 7 heteroatoms. The molecule has 0 aliphatic carbocycles. The Morgan fingerprint density at radius 2 is 2.35 bits per heavy atom. The Morgan fingerprint density at radius 1 is 1.55 bits per heavy atom. The summed E-state index contributed by atoms with van der Waals surface area (Å²) in [4.78, 5) is 15.7. The lowest BCUT2D eigenvalue weighted by Gasteiger charge is -2.16. The maximum absolute atomic E-state index is 11.4. The Kier molecular flexibility index (Phi) is 4.54. The van der Waals surface area contributed by atoms with Crippen LogP contribution >= 0.6 is 0 Å². The normalized spacial score (nSPS) is 12.5. The average Bonchev–Trinajstić information content (AvgIpc) is 2.77. The molecule has 1 atom stereocenters. The van der Waals surface area contributed by atoms with Crippen LogP contribution in [0.5, 0.6) is 0 Å². The number of carboxylic acid groups (broad SMARTS) is 1. The summed E-state index contributed by atoms with van der Waals surface area (Å²) in [5, 5.41) is 21.4. The second-order valence-electron chi connectivity index (χ2n) is 4.35. The number of ether oxygens (including phenoxy) is 1. The highest BCUT2D eigenvalue weighted by molar-refractivity contribution is 5.93. The number of methoxy groups -OCH3 is 1. The smallest absolute Gasteiger partial charge is 0.356 e. The molecule has 0 aliphatic heterocycles. The monoisotopic (exact) mass is 279 g/mol. The molecule has 0 spiro atoms. The number of carbonyl (C=O) groups is 1. The van der Waals surface area contributed by atoms with Crippen molar-refractivity contribution < 1.29 is 19.7 Å². The van der Waals surface area contributed by atoms with E-state index in [-0.39, 0.29) is 24.2 Å². The van der Waals surface area contributed by atoms with E-state index in [0.717, 1.165) is 0 Å². The minimum atomic E-state index is -1.06. The third-order valence-electron chi connectivity index (χ3n) is 2.92. The van der Waals surface area contributed by atoms with Crippen molar-refractivity contribution in [1.29, 1.82) is 0 Å². The Morgan fingerprint density at radius 3 is 3.00 bits per heavy atom. The van der Waals surface area contributed by atoms with E-state index in [1.807, 2.05) is 0 Å². The molecule has 0 aliphatic rings. The fraction of sp³-hybridized carbons (Fsp3) is 0.385. The van der Waals surface area contributed by atoms with Gasteiger partial charge in [-0.25, -0.2) is 9.78 Å². The summed E-state index contributed by atoms with van der Waals surface area (Å²) in [5.41, 5.74) is 0.618. The molecule has 0 aromatic carbocycles. The lowest BCUT2D eigenvalue weighted by Crippen LogP contribution is -2.27. The number of hydrogen-bond donors (Lipinski definition) is 3. The van der Waals surface area contributed by atoms with Crippen LogP contribution in [0, 0.1) is 0 Å². The van der Waals surface area contributed by atoms with Crippen LogP contribution in [0.1, 0.15) is 16.9 Å². The second-order valence-corrected chi connectivity index (χ2v) is 4.35. The lowest BCUT2D eigenvalue weighted by atomic mass is 10.2. The molecule has 0 amide bonds. The predicted octanol–water partition coefficient (Wildman–Crippen LogP) is 0.842. The molecule has 20 heavy (non-hydrogen) atoms. The number of anilines is 1. The highest BCUT2D eigenvalue weighted by Crippen LogP contribution is 2.19. The molecule has 2 aromatic heterocycles. The largest absolute Gasteiger partial charge is 0.476 e. The van der Waals surface area contributed by atoms with E-state index in [1.54, 1.807) is 31.5 Å². The zero-order chi connectivity index (χ0) is 14.5. The van der Waals surface area contributed by atoms with Gasteiger partial charge in [0.1, 0.15) is 5.65 Å². The summed E-state index contributed by atoms with van der Waals surface area (Å²) in [6.45, 7) is 0.338. The van der Waals surface area contributed by atoms with Gasteiger partial charge in [0.15, 0.2) is 11.5 Å². The molecule has 1 unspecified atom stereocenters. The van der Waals surface area contributed by atoms with Gasteiger partial charge in [-0.3, -0.25) is 4.40 Å². The molecule has 2 heterocycles. The van der Waals surface area contributed by atoms with Gasteiger partial charge in [-0.2, -0.15) is 0 Å². The third kappa shape index (κ3) is 2.89. The number of carboxylic acids is 1. The number of fused-ring (bicyclic) bond motifs is 1. The Bertz CT molecular complexity index is 590. The minimum absolute atomic E-state index is 0.0171. The molecule has 2 rings (SSSR count). The van der Waals surface area contributed by atoms with Crippen LogP contribution in [0.3, 0.4) is 0 Å². The summed E-state index contributed by atoms with van der Waals surface area (Å²) < 4.78 is 6.55. The predicted molar refractivity (Wildman–Crippen MR) is 73.1 cm³/mol. The molecule has 0 saturated carbocycles. The van der Waals surface area contributed by atoms with Crippen molar-refractivity contribution in [3.63, 3.8) is 0 Å². The Labute approximate surface area is 115 Å². The van der Waals surface area contributed by atoms with Crippen molar-refractivity contribution in [2.24, 2.45) is 0 Å². The van der Waals surface area contributed by atoms with Gasteiger partial charge in [0.25, 0.3) is 0 Å². The van der Waals surface area contributed by atoms with E-state index < -0.39 is 5.97 Å². The van der Waals surface area contributed by atoms with Crippen molar-refractivity contribution in [3.8, 4) is 0 Å². The number of nitrogens with one attached hydrogen (secondary N) is 1. The summed E-state index contributed by atoms with van der Waals surface area (Å²) in [6.07, 6.45) is 2.09. The van der Waals surface area contributed by atoms with E-state index in [0.29, 0.717) is 18.7 Å². The van der Waals surface area contributed by atoms with Crippen LogP contribution < -0.4 is 5.32 Å². The van der Waals surface area contributed by atoms with Crippen molar-refractivity contribution >= 4 is 17.4 Å². The number of aliphatic hydroxyl groups is 1. The zero-order valence-electron chi connectivity index (χ0n) is 11.1. The highest BCUT2D eigenvalue weighted by atomic mass is 16.5. The first kappa shape index (κ1) is 14.3. The van der Waals surface area contributed by atoms with Gasteiger partial charge in [-0.05, 0) is 18.6 Å². The SMILES string of the molecule is COCC(CCO)Nc1nc2ccccn2c1C(=O)O. The molecular weight excluding hydrogens is 262 g/mol. The van der Waals surface area contributed by atoms with E-state index >= 15 is 0 Å². The molecule has 2 aromatic rings. The van der Waals surface area contributed by atoms with Gasteiger partial charge in [0, 0.05) is 19.9 Å². The van der Waals surface area contributed by atoms with Gasteiger partial charge in [-0.15, -0.1) is 0 Å². The summed E-state index contributed by atoms with van der Waals surface area (Å²) in [6, 6.07) is 5.06. The number of nitrogens with zero attached hydrogens (tertiary/aromatic N) is 2. The van der Waals surface area contributed by atoms with Crippen molar-refractivity contribution in [1.82, 2.24) is 9.38 Å². The standard InChI is InChI=1S/C13H17N3O4/c1-20-8-9(5-7-17)14-12-11(13(18)19)16-6-3-2-4-10(16)15-12/h2-4,6,9,14,17H,5,7-8H2,1H3,(H,18,19). The number of aliphatic hydroxyl groups excluding tert-OH is 1. The van der Waals surface area contributed by atoms with Crippen molar-refractivity contribution in [2.75, 3.05) is 25.6 Å². The fourth-order valence-corrected chi connectivity index (χ4v) is 2.05. The molecule has 7 nitrogen and oxygen atoms in total. The molecule has 0 bridgehead atoms. The topological polar surface area (TPSA) is 96.1 Å². The first-order valence-electron chi connectivity index (χ1n) is 6.24. The lowest BCUT2D eigenvalue weighted by molar-refractivity contribution is 0.0690. The zero-order valence-corrected chi connectivity index (χ0v) is 11.1. The minimum Gasteiger partial charge on any atom is -0.476 e. The van der Waals surface area contributed by atoms with Gasteiger partial charge in [0.2, 0.25) is 0 Å². The number of aromatic nitrogens is 2. The molecule has 108 valence electrons. The number of hydrogen-bond acceptors (Lipinski definition) is 5. The van der Waals surface area contributed by atoms with Gasteiger partial charge < -0.3 is 20.3 Å². The van der Waals surface area contributed by atoms with Crippen LogP contribution in [-0.2, 0) is 4.74 Å². The van der Waals surface area contributed by atoms with E-state index in [9.17, 15) is 9.90 Å². The number of aromatic carboxylic acids is 1. The van der Waals surface area contributed by atoms with Crippen LogP contribution in [0.25, 0.3) is 5.65 Å². The number of rotatable bonds is 7. The van der Waals surface area contributed by atoms with Crippen LogP contribution in [0.15, 0.2) is 24.4 Å². The van der Waals surface area contributed by atoms with E-state index in [2.05, 4.69) is 10.3 Å². The Balaban J connectivity index is 2.37. The summed E-state index contributed by atoms with van der Waals surface area (Å²) >= 11 is 0. The van der Waals surface area contributed by atoms with Crippen LogP contribution in [0.2, 0.25) is 0 Å². The summed E-state index contributed by atoms with van der Waals surface area (Å²) in [7, 11) is 1.55. The maximum atomic E-state index is 11.4. The first-order chi connectivity index (χ1) is 9.67. The van der Waals surface area contributed by atoms with Gasteiger partial charge in [-0.1, -0.05) is 6.07 Å². The third-order valence-corrected chi connectivity index (χ3v) is 2.92. The van der Waals surface area contributed by atoms with Gasteiger partial charge >= 0.3 is 5.97 Å². The molecular formula is C13H17N3O4. The maximum Gasteiger partial charge on any atom is 0.356 e. The van der Waals surface area contributed by atoms with E-state index in [1.165, 1.54) is 4.40 Å². The average molecular weight is 279 g/mol. The number of imidazole rings is 1. The van der Waals surface area contributed by atoms with Crippen molar-refractivity contribution in [3.05, 3.63) is 30.1 Å². The molecule has 0 fully saturated rings. The van der Waals surface area contributed by atoms with E-state index in [4.69, 9.17) is 9.84 Å². The second kappa shape index (κ2) is 6.36. The fourth-order valence-electron chi connectivity index (χ4n) is 2.05. The Hall–Kier alpha value is -2.12. The highest BCUT2D eigenvalue weighted by Gasteiger charge is 2.20. The molecule has 3 N–H and O–H groups in total. The molecule has 0 radical (unpaired) electrons. The van der Waals surface area contributed by atoms with Crippen molar-refractivity contribution in [2.45, 2.75) is 12.5 Å². The first-order valence-corrected chi connectivity index (χ1v) is 6.24.